The van der Waals surface area contributed by atoms with Crippen LogP contribution in [0.4, 0.5) is 0 Å². The lowest BCUT2D eigenvalue weighted by atomic mass is 10.1. The van der Waals surface area contributed by atoms with Gasteiger partial charge >= 0.3 is 0 Å². The Morgan fingerprint density at radius 3 is 2.25 bits per heavy atom. The van der Waals surface area contributed by atoms with Crippen LogP contribution in [0.5, 0.6) is 0 Å². The van der Waals surface area contributed by atoms with E-state index >= 15 is 0 Å². The number of halogens is 3. The first-order valence-electron chi connectivity index (χ1n) is 9.07. The molecule has 0 aromatic heterocycles. The summed E-state index contributed by atoms with van der Waals surface area (Å²) in [6.45, 7) is 4.52. The van der Waals surface area contributed by atoms with Gasteiger partial charge in [-0.1, -0.05) is 59.9 Å². The van der Waals surface area contributed by atoms with Gasteiger partial charge in [0, 0.05) is 18.1 Å². The predicted molar refractivity (Wildman–Crippen MR) is 115 cm³/mol. The molecule has 0 aliphatic heterocycles. The van der Waals surface area contributed by atoms with E-state index in [-0.39, 0.29) is 24.8 Å². The van der Waals surface area contributed by atoms with Gasteiger partial charge in [-0.2, -0.15) is 0 Å². The molecule has 2 aromatic carbocycles. The highest BCUT2D eigenvalue weighted by atomic mass is 35.5. The van der Waals surface area contributed by atoms with Crippen molar-refractivity contribution in [1.29, 1.82) is 0 Å². The molecule has 0 aliphatic rings. The first-order valence-corrected chi connectivity index (χ1v) is 10.2. The molecule has 0 radical (unpaired) electrons. The molecule has 0 fully saturated rings. The number of benzene rings is 2. The first kappa shape index (κ1) is 22.5. The number of nitrogens with one attached hydrogen (secondary N) is 1. The SMILES string of the molecule is CCCNC(=O)C(C)N(Cc1ccc(Cl)c(Cl)c1)C(=O)Cc1ccc(Cl)cc1. The quantitative estimate of drug-likeness (QED) is 0.617. The van der Waals surface area contributed by atoms with Crippen molar-refractivity contribution < 1.29 is 9.59 Å². The van der Waals surface area contributed by atoms with E-state index in [4.69, 9.17) is 34.8 Å². The summed E-state index contributed by atoms with van der Waals surface area (Å²) in [7, 11) is 0. The first-order chi connectivity index (χ1) is 13.3. The molecule has 0 bridgehead atoms. The van der Waals surface area contributed by atoms with Gasteiger partial charge in [-0.15, -0.1) is 0 Å². The molecule has 1 atom stereocenters. The topological polar surface area (TPSA) is 49.4 Å². The fourth-order valence-electron chi connectivity index (χ4n) is 2.69. The Balaban J connectivity index is 2.22. The summed E-state index contributed by atoms with van der Waals surface area (Å²) in [4.78, 5) is 27.1. The maximum absolute atomic E-state index is 13.0. The van der Waals surface area contributed by atoms with Crippen LogP contribution in [0, 0.1) is 0 Å². The molecular formula is C21H23Cl3N2O2. The maximum Gasteiger partial charge on any atom is 0.242 e. The summed E-state index contributed by atoms with van der Waals surface area (Å²) >= 11 is 18.0. The van der Waals surface area contributed by atoms with Crippen LogP contribution >= 0.6 is 34.8 Å². The molecule has 0 saturated carbocycles. The van der Waals surface area contributed by atoms with Crippen LogP contribution < -0.4 is 5.32 Å². The smallest absolute Gasteiger partial charge is 0.242 e. The second-order valence-corrected chi connectivity index (χ2v) is 7.79. The molecule has 2 amide bonds. The zero-order chi connectivity index (χ0) is 20.7. The van der Waals surface area contributed by atoms with Crippen molar-refractivity contribution in [3.05, 3.63) is 68.7 Å². The van der Waals surface area contributed by atoms with E-state index in [2.05, 4.69) is 5.32 Å². The zero-order valence-corrected chi connectivity index (χ0v) is 18.1. The Morgan fingerprint density at radius 2 is 1.64 bits per heavy atom. The van der Waals surface area contributed by atoms with E-state index in [0.717, 1.165) is 17.5 Å². The van der Waals surface area contributed by atoms with Crippen LogP contribution in [0.25, 0.3) is 0 Å². The van der Waals surface area contributed by atoms with Crippen molar-refractivity contribution in [2.24, 2.45) is 0 Å². The van der Waals surface area contributed by atoms with Gasteiger partial charge in [-0.25, -0.2) is 0 Å². The number of nitrogens with zero attached hydrogens (tertiary/aromatic N) is 1. The molecule has 1 N–H and O–H groups in total. The van der Waals surface area contributed by atoms with Gasteiger partial charge in [0.2, 0.25) is 11.8 Å². The molecule has 0 heterocycles. The molecule has 0 saturated heterocycles. The molecule has 7 heteroatoms. The standard InChI is InChI=1S/C21H23Cl3N2O2/c1-3-10-25-21(28)14(2)26(13-16-6-9-18(23)19(24)11-16)20(27)12-15-4-7-17(22)8-5-15/h4-9,11,14H,3,10,12-13H2,1-2H3,(H,25,28). The monoisotopic (exact) mass is 440 g/mol. The van der Waals surface area contributed by atoms with E-state index in [1.165, 1.54) is 0 Å². The molecule has 0 aliphatic carbocycles. The fourth-order valence-corrected chi connectivity index (χ4v) is 3.14. The zero-order valence-electron chi connectivity index (χ0n) is 15.8. The second-order valence-electron chi connectivity index (χ2n) is 6.54. The van der Waals surface area contributed by atoms with Gasteiger partial charge in [0.25, 0.3) is 0 Å². The van der Waals surface area contributed by atoms with Crippen molar-refractivity contribution in [2.45, 2.75) is 39.3 Å². The third-order valence-electron chi connectivity index (χ3n) is 4.32. The van der Waals surface area contributed by atoms with Gasteiger partial charge in [-0.3, -0.25) is 9.59 Å². The summed E-state index contributed by atoms with van der Waals surface area (Å²) in [6.07, 6.45) is 0.994. The van der Waals surface area contributed by atoms with E-state index in [0.29, 0.717) is 21.6 Å². The molecule has 2 rings (SSSR count). The molecule has 2 aromatic rings. The van der Waals surface area contributed by atoms with E-state index < -0.39 is 6.04 Å². The highest BCUT2D eigenvalue weighted by Gasteiger charge is 2.26. The van der Waals surface area contributed by atoms with Crippen molar-refractivity contribution in [3.8, 4) is 0 Å². The van der Waals surface area contributed by atoms with Crippen LogP contribution in [0.3, 0.4) is 0 Å². The van der Waals surface area contributed by atoms with Gasteiger partial charge in [-0.05, 0) is 48.7 Å². The van der Waals surface area contributed by atoms with Crippen molar-refractivity contribution >= 4 is 46.6 Å². The highest BCUT2D eigenvalue weighted by Crippen LogP contribution is 2.24. The number of hydrogen-bond donors (Lipinski definition) is 1. The Kier molecular flexibility index (Phi) is 8.61. The summed E-state index contributed by atoms with van der Waals surface area (Å²) in [5, 5.41) is 4.31. The third kappa shape index (κ3) is 6.40. The lowest BCUT2D eigenvalue weighted by molar-refractivity contribution is -0.140. The van der Waals surface area contributed by atoms with Crippen LogP contribution in [0.2, 0.25) is 15.1 Å². The third-order valence-corrected chi connectivity index (χ3v) is 5.31. The fraction of sp³-hybridized carbons (Fsp3) is 0.333. The van der Waals surface area contributed by atoms with Crippen LogP contribution in [-0.2, 0) is 22.6 Å². The molecule has 0 spiro atoms. The summed E-state index contributed by atoms with van der Waals surface area (Å²) < 4.78 is 0. The Morgan fingerprint density at radius 1 is 1.00 bits per heavy atom. The Hall–Kier alpha value is -1.75. The largest absolute Gasteiger partial charge is 0.354 e. The number of amides is 2. The second kappa shape index (κ2) is 10.7. The van der Waals surface area contributed by atoms with Crippen LogP contribution in [0.15, 0.2) is 42.5 Å². The number of rotatable bonds is 8. The normalized spacial score (nSPS) is 11.8. The number of hydrogen-bond acceptors (Lipinski definition) is 2. The van der Waals surface area contributed by atoms with E-state index in [1.807, 2.05) is 6.92 Å². The summed E-state index contributed by atoms with van der Waals surface area (Å²) in [5.74, 6) is -0.348. The van der Waals surface area contributed by atoms with E-state index in [9.17, 15) is 9.59 Å². The minimum absolute atomic E-state index is 0.160. The highest BCUT2D eigenvalue weighted by molar-refractivity contribution is 6.42. The lowest BCUT2D eigenvalue weighted by Crippen LogP contribution is -2.48. The van der Waals surface area contributed by atoms with Crippen molar-refractivity contribution in [3.63, 3.8) is 0 Å². The molecule has 28 heavy (non-hydrogen) atoms. The van der Waals surface area contributed by atoms with E-state index in [1.54, 1.807) is 54.3 Å². The van der Waals surface area contributed by atoms with Crippen LogP contribution in [0.1, 0.15) is 31.4 Å². The Labute approximate surface area is 180 Å². The summed E-state index contributed by atoms with van der Waals surface area (Å²) in [5.41, 5.74) is 1.63. The molecule has 1 unspecified atom stereocenters. The minimum Gasteiger partial charge on any atom is -0.354 e. The molecule has 150 valence electrons. The van der Waals surface area contributed by atoms with Gasteiger partial charge in [0.1, 0.15) is 6.04 Å². The van der Waals surface area contributed by atoms with Gasteiger partial charge < -0.3 is 10.2 Å². The maximum atomic E-state index is 13.0. The van der Waals surface area contributed by atoms with Gasteiger partial charge in [0.05, 0.1) is 16.5 Å². The predicted octanol–water partition coefficient (Wildman–Crippen LogP) is 5.13. The lowest BCUT2D eigenvalue weighted by Gasteiger charge is -2.29. The van der Waals surface area contributed by atoms with Crippen molar-refractivity contribution in [2.75, 3.05) is 6.54 Å². The average molecular weight is 442 g/mol. The van der Waals surface area contributed by atoms with Gasteiger partial charge in [0.15, 0.2) is 0 Å². The summed E-state index contributed by atoms with van der Waals surface area (Å²) in [6, 6.07) is 11.7. The Bertz CT molecular complexity index is 825. The minimum atomic E-state index is -0.624. The number of carbonyl (C=O) groups is 2. The van der Waals surface area contributed by atoms with Crippen molar-refractivity contribution in [1.82, 2.24) is 10.2 Å². The molecule has 4 nitrogen and oxygen atoms in total. The molecular weight excluding hydrogens is 419 g/mol. The average Bonchev–Trinajstić information content (AvgIpc) is 2.68. The number of carbonyl (C=O) groups excluding carboxylic acids is 2. The van der Waals surface area contributed by atoms with Crippen LogP contribution in [-0.4, -0.2) is 29.3 Å².